The molecule has 0 aromatic heterocycles. The standard InChI is InChI=1S/C9H16O2/c1-7-6-11-4-3-9(7)5-8(2)10/h5,7-8,10H,3-4,6H2,1-2H3/b9-5-. The highest BCUT2D eigenvalue weighted by atomic mass is 16.5. The summed E-state index contributed by atoms with van der Waals surface area (Å²) in [7, 11) is 0. The van der Waals surface area contributed by atoms with Crippen LogP contribution in [0.3, 0.4) is 0 Å². The molecule has 0 aromatic carbocycles. The molecule has 0 radical (unpaired) electrons. The van der Waals surface area contributed by atoms with E-state index >= 15 is 0 Å². The summed E-state index contributed by atoms with van der Waals surface area (Å²) in [4.78, 5) is 0. The van der Waals surface area contributed by atoms with Gasteiger partial charge in [0.15, 0.2) is 0 Å². The minimum atomic E-state index is -0.314. The van der Waals surface area contributed by atoms with E-state index in [1.54, 1.807) is 6.92 Å². The summed E-state index contributed by atoms with van der Waals surface area (Å²) in [6.45, 7) is 5.53. The van der Waals surface area contributed by atoms with Gasteiger partial charge in [0.2, 0.25) is 0 Å². The van der Waals surface area contributed by atoms with Crippen molar-refractivity contribution in [2.75, 3.05) is 13.2 Å². The number of aliphatic hydroxyl groups is 1. The van der Waals surface area contributed by atoms with Crippen LogP contribution in [-0.4, -0.2) is 24.4 Å². The maximum Gasteiger partial charge on any atom is 0.0695 e. The maximum absolute atomic E-state index is 9.11. The Hall–Kier alpha value is -0.340. The van der Waals surface area contributed by atoms with Crippen molar-refractivity contribution in [1.29, 1.82) is 0 Å². The van der Waals surface area contributed by atoms with Gasteiger partial charge < -0.3 is 9.84 Å². The van der Waals surface area contributed by atoms with E-state index in [4.69, 9.17) is 9.84 Å². The van der Waals surface area contributed by atoms with Gasteiger partial charge in [-0.25, -0.2) is 0 Å². The van der Waals surface area contributed by atoms with Crippen LogP contribution in [0.5, 0.6) is 0 Å². The van der Waals surface area contributed by atoms with Crippen molar-refractivity contribution >= 4 is 0 Å². The summed E-state index contributed by atoms with van der Waals surface area (Å²) in [6, 6.07) is 0. The largest absolute Gasteiger partial charge is 0.389 e. The molecule has 2 unspecified atom stereocenters. The summed E-state index contributed by atoms with van der Waals surface area (Å²) in [5, 5.41) is 9.11. The Kier molecular flexibility index (Phi) is 3.09. The summed E-state index contributed by atoms with van der Waals surface area (Å²) in [6.07, 6.45) is 2.60. The molecule has 0 amide bonds. The predicted octanol–water partition coefficient (Wildman–Crippen LogP) is 1.35. The molecule has 64 valence electrons. The van der Waals surface area contributed by atoms with Crippen molar-refractivity contribution in [3.63, 3.8) is 0 Å². The molecule has 11 heavy (non-hydrogen) atoms. The molecule has 0 spiro atoms. The van der Waals surface area contributed by atoms with Gasteiger partial charge in [-0.2, -0.15) is 0 Å². The van der Waals surface area contributed by atoms with Crippen LogP contribution in [0.1, 0.15) is 20.3 Å². The van der Waals surface area contributed by atoms with Crippen molar-refractivity contribution < 1.29 is 9.84 Å². The van der Waals surface area contributed by atoms with Gasteiger partial charge in [0, 0.05) is 5.92 Å². The molecule has 1 aliphatic heterocycles. The zero-order valence-corrected chi connectivity index (χ0v) is 7.21. The van der Waals surface area contributed by atoms with Crippen molar-refractivity contribution in [3.05, 3.63) is 11.6 Å². The van der Waals surface area contributed by atoms with Crippen molar-refractivity contribution in [2.24, 2.45) is 5.92 Å². The van der Waals surface area contributed by atoms with E-state index in [1.807, 2.05) is 6.08 Å². The first-order chi connectivity index (χ1) is 5.20. The highest BCUT2D eigenvalue weighted by Crippen LogP contribution is 2.20. The van der Waals surface area contributed by atoms with Crippen LogP contribution in [0.4, 0.5) is 0 Å². The molecule has 1 N–H and O–H groups in total. The molecule has 1 heterocycles. The molecule has 1 rings (SSSR count). The Morgan fingerprint density at radius 2 is 2.45 bits per heavy atom. The van der Waals surface area contributed by atoms with E-state index in [9.17, 15) is 0 Å². The topological polar surface area (TPSA) is 29.5 Å². The molecular formula is C9H16O2. The van der Waals surface area contributed by atoms with E-state index in [-0.39, 0.29) is 6.10 Å². The van der Waals surface area contributed by atoms with E-state index in [1.165, 1.54) is 5.57 Å². The molecule has 2 nitrogen and oxygen atoms in total. The Labute approximate surface area is 67.9 Å². The van der Waals surface area contributed by atoms with E-state index in [2.05, 4.69) is 6.92 Å². The molecule has 1 aliphatic rings. The minimum absolute atomic E-state index is 0.314. The van der Waals surface area contributed by atoms with Gasteiger partial charge in [0.05, 0.1) is 19.3 Å². The number of hydrogen-bond donors (Lipinski definition) is 1. The van der Waals surface area contributed by atoms with Crippen LogP contribution in [-0.2, 0) is 4.74 Å². The summed E-state index contributed by atoms with van der Waals surface area (Å²) >= 11 is 0. The Balaban J connectivity index is 2.53. The van der Waals surface area contributed by atoms with Crippen molar-refractivity contribution in [1.82, 2.24) is 0 Å². The number of rotatable bonds is 1. The highest BCUT2D eigenvalue weighted by molar-refractivity contribution is 5.09. The van der Waals surface area contributed by atoms with Gasteiger partial charge >= 0.3 is 0 Å². The molecule has 1 saturated heterocycles. The van der Waals surface area contributed by atoms with Crippen molar-refractivity contribution in [2.45, 2.75) is 26.4 Å². The van der Waals surface area contributed by atoms with Crippen LogP contribution in [0.15, 0.2) is 11.6 Å². The molecular weight excluding hydrogens is 140 g/mol. The third-order valence-electron chi connectivity index (χ3n) is 1.99. The van der Waals surface area contributed by atoms with E-state index in [0.717, 1.165) is 19.6 Å². The minimum Gasteiger partial charge on any atom is -0.389 e. The quantitative estimate of drug-likeness (QED) is 0.581. The van der Waals surface area contributed by atoms with Crippen LogP contribution in [0.2, 0.25) is 0 Å². The number of aliphatic hydroxyl groups excluding tert-OH is 1. The van der Waals surface area contributed by atoms with Crippen LogP contribution < -0.4 is 0 Å². The fourth-order valence-corrected chi connectivity index (χ4v) is 1.36. The first-order valence-electron chi connectivity index (χ1n) is 4.16. The van der Waals surface area contributed by atoms with Gasteiger partial charge in [-0.3, -0.25) is 0 Å². The second-order valence-electron chi connectivity index (χ2n) is 3.21. The molecule has 0 bridgehead atoms. The van der Waals surface area contributed by atoms with Crippen LogP contribution in [0.25, 0.3) is 0 Å². The average Bonchev–Trinajstić information content (AvgIpc) is 1.93. The zero-order chi connectivity index (χ0) is 8.27. The second kappa shape index (κ2) is 3.88. The Morgan fingerprint density at radius 3 is 3.00 bits per heavy atom. The fraction of sp³-hybridized carbons (Fsp3) is 0.778. The third kappa shape index (κ3) is 2.64. The lowest BCUT2D eigenvalue weighted by Gasteiger charge is -2.22. The monoisotopic (exact) mass is 156 g/mol. The van der Waals surface area contributed by atoms with Gasteiger partial charge in [0.1, 0.15) is 0 Å². The normalized spacial score (nSPS) is 32.3. The summed E-state index contributed by atoms with van der Waals surface area (Å²) in [5.74, 6) is 0.485. The smallest absolute Gasteiger partial charge is 0.0695 e. The molecule has 2 atom stereocenters. The lowest BCUT2D eigenvalue weighted by molar-refractivity contribution is 0.0887. The first-order valence-corrected chi connectivity index (χ1v) is 4.16. The van der Waals surface area contributed by atoms with Gasteiger partial charge in [-0.05, 0) is 13.3 Å². The van der Waals surface area contributed by atoms with Crippen LogP contribution in [0, 0.1) is 5.92 Å². The van der Waals surface area contributed by atoms with Crippen LogP contribution >= 0.6 is 0 Å². The van der Waals surface area contributed by atoms with Gasteiger partial charge in [-0.15, -0.1) is 0 Å². The summed E-state index contributed by atoms with van der Waals surface area (Å²) < 4.78 is 5.27. The molecule has 1 fully saturated rings. The van der Waals surface area contributed by atoms with Crippen molar-refractivity contribution in [3.8, 4) is 0 Å². The highest BCUT2D eigenvalue weighted by Gasteiger charge is 2.14. The zero-order valence-electron chi connectivity index (χ0n) is 7.21. The van der Waals surface area contributed by atoms with Gasteiger partial charge in [0.25, 0.3) is 0 Å². The Bertz CT molecular complexity index is 150. The molecule has 0 aliphatic carbocycles. The maximum atomic E-state index is 9.11. The summed E-state index contributed by atoms with van der Waals surface area (Å²) in [5.41, 5.74) is 1.34. The second-order valence-corrected chi connectivity index (χ2v) is 3.21. The first kappa shape index (κ1) is 8.75. The molecule has 0 saturated carbocycles. The molecule has 0 aromatic rings. The molecule has 2 heteroatoms. The fourth-order valence-electron chi connectivity index (χ4n) is 1.36. The number of ether oxygens (including phenoxy) is 1. The van der Waals surface area contributed by atoms with Gasteiger partial charge in [-0.1, -0.05) is 18.6 Å². The lowest BCUT2D eigenvalue weighted by Crippen LogP contribution is -2.18. The van der Waals surface area contributed by atoms with E-state index in [0.29, 0.717) is 5.92 Å². The SMILES string of the molecule is CC(O)/C=C1/CCOCC1C. The Morgan fingerprint density at radius 1 is 1.73 bits per heavy atom. The average molecular weight is 156 g/mol. The lowest BCUT2D eigenvalue weighted by atomic mass is 9.96. The number of hydrogen-bond acceptors (Lipinski definition) is 2. The third-order valence-corrected chi connectivity index (χ3v) is 1.99. The van der Waals surface area contributed by atoms with E-state index < -0.39 is 0 Å². The predicted molar refractivity (Wildman–Crippen MR) is 44.4 cm³/mol.